The van der Waals surface area contributed by atoms with Gasteiger partial charge in [-0.05, 0) is 19.3 Å². The normalized spacial score (nSPS) is 16.5. The Morgan fingerprint density at radius 3 is 2.68 bits per heavy atom. The maximum absolute atomic E-state index is 9.35. The standard InChI is InChI=1S/C14H24N4O/c1-2-12-13(15)16-10-17-14(12)18(8-9-19)11-6-4-3-5-7-11/h10-11,19H,2-9H2,1H3,(H2,15,16,17). The molecule has 0 radical (unpaired) electrons. The average Bonchev–Trinajstić information content (AvgIpc) is 2.45. The topological polar surface area (TPSA) is 75.3 Å². The van der Waals surface area contributed by atoms with E-state index in [0.717, 1.165) is 17.8 Å². The van der Waals surface area contributed by atoms with Crippen LogP contribution in [-0.4, -0.2) is 34.3 Å². The van der Waals surface area contributed by atoms with Crippen LogP contribution in [0.15, 0.2) is 6.33 Å². The minimum Gasteiger partial charge on any atom is -0.395 e. The summed E-state index contributed by atoms with van der Waals surface area (Å²) < 4.78 is 0. The number of rotatable bonds is 5. The molecule has 0 bridgehead atoms. The second kappa shape index (κ2) is 6.70. The summed E-state index contributed by atoms with van der Waals surface area (Å²) in [5.41, 5.74) is 6.96. The molecular formula is C14H24N4O. The molecule has 0 aromatic carbocycles. The average molecular weight is 264 g/mol. The predicted molar refractivity (Wildman–Crippen MR) is 77.1 cm³/mol. The highest BCUT2D eigenvalue weighted by Crippen LogP contribution is 2.29. The summed E-state index contributed by atoms with van der Waals surface area (Å²) in [6.07, 6.45) is 8.52. The molecule has 0 unspecified atom stereocenters. The highest BCUT2D eigenvalue weighted by Gasteiger charge is 2.24. The molecule has 1 saturated carbocycles. The molecule has 1 aliphatic rings. The first-order chi connectivity index (χ1) is 9.27. The number of aromatic nitrogens is 2. The fourth-order valence-electron chi connectivity index (χ4n) is 2.96. The van der Waals surface area contributed by atoms with Gasteiger partial charge >= 0.3 is 0 Å². The van der Waals surface area contributed by atoms with Crippen LogP contribution >= 0.6 is 0 Å². The molecule has 5 nitrogen and oxygen atoms in total. The van der Waals surface area contributed by atoms with E-state index in [9.17, 15) is 5.11 Å². The summed E-state index contributed by atoms with van der Waals surface area (Å²) >= 11 is 0. The second-order valence-corrected chi connectivity index (χ2v) is 5.12. The van der Waals surface area contributed by atoms with E-state index in [1.54, 1.807) is 0 Å². The number of hydrogen-bond donors (Lipinski definition) is 2. The summed E-state index contributed by atoms with van der Waals surface area (Å²) in [5.74, 6) is 1.47. The SMILES string of the molecule is CCc1c(N)ncnc1N(CCO)C1CCCCC1. The van der Waals surface area contributed by atoms with Gasteiger partial charge in [0.05, 0.1) is 6.61 Å². The van der Waals surface area contributed by atoms with Crippen LogP contribution in [-0.2, 0) is 6.42 Å². The zero-order valence-electron chi connectivity index (χ0n) is 11.7. The lowest BCUT2D eigenvalue weighted by molar-refractivity contribution is 0.289. The number of aliphatic hydroxyl groups excluding tert-OH is 1. The van der Waals surface area contributed by atoms with Crippen LogP contribution in [0.1, 0.15) is 44.6 Å². The Kier molecular flexibility index (Phi) is 4.96. The quantitative estimate of drug-likeness (QED) is 0.847. The van der Waals surface area contributed by atoms with Crippen LogP contribution < -0.4 is 10.6 Å². The lowest BCUT2D eigenvalue weighted by Gasteiger charge is -2.36. The molecular weight excluding hydrogens is 240 g/mol. The van der Waals surface area contributed by atoms with E-state index in [-0.39, 0.29) is 6.61 Å². The second-order valence-electron chi connectivity index (χ2n) is 5.12. The highest BCUT2D eigenvalue weighted by molar-refractivity contribution is 5.57. The zero-order valence-corrected chi connectivity index (χ0v) is 11.7. The first-order valence-corrected chi connectivity index (χ1v) is 7.24. The molecule has 2 rings (SSSR count). The van der Waals surface area contributed by atoms with E-state index < -0.39 is 0 Å². The lowest BCUT2D eigenvalue weighted by atomic mass is 9.94. The van der Waals surface area contributed by atoms with Gasteiger partial charge in [0.2, 0.25) is 0 Å². The van der Waals surface area contributed by atoms with Gasteiger partial charge in [-0.1, -0.05) is 26.2 Å². The highest BCUT2D eigenvalue weighted by atomic mass is 16.3. The molecule has 106 valence electrons. The van der Waals surface area contributed by atoms with Gasteiger partial charge in [0, 0.05) is 18.2 Å². The third-order valence-corrected chi connectivity index (χ3v) is 3.94. The van der Waals surface area contributed by atoms with Crippen molar-refractivity contribution in [1.29, 1.82) is 0 Å². The van der Waals surface area contributed by atoms with Crippen LogP contribution in [0.4, 0.5) is 11.6 Å². The van der Waals surface area contributed by atoms with Crippen molar-refractivity contribution in [2.24, 2.45) is 0 Å². The minimum absolute atomic E-state index is 0.142. The summed E-state index contributed by atoms with van der Waals surface area (Å²) in [4.78, 5) is 10.7. The maximum Gasteiger partial charge on any atom is 0.137 e. The largest absolute Gasteiger partial charge is 0.395 e. The van der Waals surface area contributed by atoms with Crippen molar-refractivity contribution in [1.82, 2.24) is 9.97 Å². The molecule has 5 heteroatoms. The molecule has 1 heterocycles. The van der Waals surface area contributed by atoms with Crippen molar-refractivity contribution in [3.05, 3.63) is 11.9 Å². The van der Waals surface area contributed by atoms with Crippen LogP contribution in [0.5, 0.6) is 0 Å². The van der Waals surface area contributed by atoms with Gasteiger partial charge in [0.1, 0.15) is 18.0 Å². The van der Waals surface area contributed by atoms with E-state index in [2.05, 4.69) is 21.8 Å². The minimum atomic E-state index is 0.142. The molecule has 19 heavy (non-hydrogen) atoms. The number of nitrogen functional groups attached to an aromatic ring is 1. The fraction of sp³-hybridized carbons (Fsp3) is 0.714. The Hall–Kier alpha value is -1.36. The van der Waals surface area contributed by atoms with Gasteiger partial charge in [0.15, 0.2) is 0 Å². The summed E-state index contributed by atoms with van der Waals surface area (Å²) in [6, 6.07) is 0.473. The number of nitrogens with two attached hydrogens (primary N) is 1. The third-order valence-electron chi connectivity index (χ3n) is 3.94. The van der Waals surface area contributed by atoms with E-state index in [1.165, 1.54) is 38.4 Å². The van der Waals surface area contributed by atoms with E-state index in [1.807, 2.05) is 0 Å². The Morgan fingerprint density at radius 1 is 1.32 bits per heavy atom. The van der Waals surface area contributed by atoms with Gasteiger partial charge in [-0.15, -0.1) is 0 Å². The van der Waals surface area contributed by atoms with Crippen molar-refractivity contribution in [2.45, 2.75) is 51.5 Å². The Morgan fingerprint density at radius 2 is 2.05 bits per heavy atom. The Labute approximate surface area is 114 Å². The van der Waals surface area contributed by atoms with E-state index in [0.29, 0.717) is 18.4 Å². The molecule has 3 N–H and O–H groups in total. The molecule has 1 fully saturated rings. The number of aliphatic hydroxyl groups is 1. The first kappa shape index (κ1) is 14.1. The summed E-state index contributed by atoms with van der Waals surface area (Å²) in [7, 11) is 0. The fourth-order valence-corrected chi connectivity index (χ4v) is 2.96. The van der Waals surface area contributed by atoms with Crippen molar-refractivity contribution in [3.8, 4) is 0 Å². The monoisotopic (exact) mass is 264 g/mol. The van der Waals surface area contributed by atoms with Crippen molar-refractivity contribution in [2.75, 3.05) is 23.8 Å². The zero-order chi connectivity index (χ0) is 13.7. The number of anilines is 2. The summed E-state index contributed by atoms with van der Waals surface area (Å²) in [5, 5.41) is 9.35. The van der Waals surface area contributed by atoms with Gasteiger partial charge in [-0.25, -0.2) is 9.97 Å². The smallest absolute Gasteiger partial charge is 0.137 e. The molecule has 1 aliphatic carbocycles. The molecule has 0 spiro atoms. The molecule has 0 atom stereocenters. The van der Waals surface area contributed by atoms with Gasteiger partial charge in [-0.3, -0.25) is 0 Å². The van der Waals surface area contributed by atoms with E-state index in [4.69, 9.17) is 5.73 Å². The van der Waals surface area contributed by atoms with Gasteiger partial charge in [-0.2, -0.15) is 0 Å². The first-order valence-electron chi connectivity index (χ1n) is 7.24. The maximum atomic E-state index is 9.35. The Bertz CT molecular complexity index is 404. The van der Waals surface area contributed by atoms with Crippen molar-refractivity contribution < 1.29 is 5.11 Å². The van der Waals surface area contributed by atoms with Crippen molar-refractivity contribution >= 4 is 11.6 Å². The molecule has 0 amide bonds. The molecule has 1 aromatic heterocycles. The molecule has 0 saturated heterocycles. The predicted octanol–water partition coefficient (Wildman–Crippen LogP) is 1.75. The molecule has 1 aromatic rings. The number of hydrogen-bond acceptors (Lipinski definition) is 5. The lowest BCUT2D eigenvalue weighted by Crippen LogP contribution is -2.40. The van der Waals surface area contributed by atoms with Crippen LogP contribution in [0, 0.1) is 0 Å². The van der Waals surface area contributed by atoms with Gasteiger partial charge < -0.3 is 15.7 Å². The van der Waals surface area contributed by atoms with Crippen LogP contribution in [0.25, 0.3) is 0 Å². The van der Waals surface area contributed by atoms with E-state index >= 15 is 0 Å². The third kappa shape index (κ3) is 3.15. The van der Waals surface area contributed by atoms with Gasteiger partial charge in [0.25, 0.3) is 0 Å². The van der Waals surface area contributed by atoms with Crippen LogP contribution in [0.2, 0.25) is 0 Å². The number of nitrogens with zero attached hydrogens (tertiary/aromatic N) is 3. The summed E-state index contributed by atoms with van der Waals surface area (Å²) in [6.45, 7) is 2.83. The van der Waals surface area contributed by atoms with Crippen LogP contribution in [0.3, 0.4) is 0 Å². The van der Waals surface area contributed by atoms with Crippen molar-refractivity contribution in [3.63, 3.8) is 0 Å². The Balaban J connectivity index is 2.29. The molecule has 0 aliphatic heterocycles.